The minimum Gasteiger partial charge on any atom is -0.493 e. The number of nitrogens with zero attached hydrogens (tertiary/aromatic N) is 1. The Morgan fingerprint density at radius 2 is 1.79 bits per heavy atom. The molecule has 7 heteroatoms. The molecule has 2 aromatic carbocycles. The first-order valence-corrected chi connectivity index (χ1v) is 9.31. The van der Waals surface area contributed by atoms with Gasteiger partial charge in [0.25, 0.3) is 5.91 Å². The molecule has 7 nitrogen and oxygen atoms in total. The van der Waals surface area contributed by atoms with E-state index >= 15 is 0 Å². The number of H-pyrrole nitrogens is 1. The van der Waals surface area contributed by atoms with E-state index < -0.39 is 0 Å². The highest BCUT2D eigenvalue weighted by atomic mass is 16.5. The van der Waals surface area contributed by atoms with Crippen LogP contribution in [0, 0.1) is 0 Å². The van der Waals surface area contributed by atoms with Crippen LogP contribution in [0.15, 0.2) is 48.7 Å². The first-order valence-electron chi connectivity index (χ1n) is 9.31. The van der Waals surface area contributed by atoms with Gasteiger partial charge in [-0.25, -0.2) is 0 Å². The van der Waals surface area contributed by atoms with Crippen molar-refractivity contribution in [1.29, 1.82) is 0 Å². The van der Waals surface area contributed by atoms with Crippen LogP contribution >= 0.6 is 0 Å². The number of carbonyl (C=O) groups is 1. The third kappa shape index (κ3) is 4.87. The lowest BCUT2D eigenvalue weighted by atomic mass is 10.1. The third-order valence-corrected chi connectivity index (χ3v) is 4.30. The van der Waals surface area contributed by atoms with Gasteiger partial charge in [0.05, 0.1) is 37.8 Å². The molecule has 3 rings (SSSR count). The smallest absolute Gasteiger partial charge is 0.255 e. The van der Waals surface area contributed by atoms with E-state index in [1.807, 2.05) is 44.2 Å². The van der Waals surface area contributed by atoms with Gasteiger partial charge in [-0.1, -0.05) is 12.1 Å². The van der Waals surface area contributed by atoms with Gasteiger partial charge in [-0.2, -0.15) is 5.10 Å². The molecule has 0 aliphatic rings. The van der Waals surface area contributed by atoms with Crippen molar-refractivity contribution in [3.8, 4) is 28.5 Å². The second kappa shape index (κ2) is 9.14. The number of amides is 1. The second-order valence-corrected chi connectivity index (χ2v) is 6.72. The Morgan fingerprint density at radius 3 is 2.45 bits per heavy atom. The van der Waals surface area contributed by atoms with Gasteiger partial charge in [-0.15, -0.1) is 0 Å². The van der Waals surface area contributed by atoms with Crippen LogP contribution in [-0.2, 0) is 6.54 Å². The van der Waals surface area contributed by atoms with Crippen LogP contribution in [0.4, 0.5) is 0 Å². The number of ether oxygens (including phenoxy) is 3. The number of hydrogen-bond donors (Lipinski definition) is 2. The number of methoxy groups -OCH3 is 2. The Hall–Kier alpha value is -3.48. The molecule has 0 fully saturated rings. The van der Waals surface area contributed by atoms with Crippen molar-refractivity contribution >= 4 is 5.91 Å². The number of aromatic amines is 1. The molecule has 0 spiro atoms. The number of carbonyl (C=O) groups excluding carboxylic acids is 1. The van der Waals surface area contributed by atoms with Crippen molar-refractivity contribution in [2.75, 3.05) is 14.2 Å². The van der Waals surface area contributed by atoms with Gasteiger partial charge in [0, 0.05) is 12.1 Å². The Morgan fingerprint density at radius 1 is 1.07 bits per heavy atom. The van der Waals surface area contributed by atoms with Crippen molar-refractivity contribution in [3.63, 3.8) is 0 Å². The number of hydrogen-bond acceptors (Lipinski definition) is 5. The standard InChI is InChI=1S/C22H25N3O4/c1-14(2)29-17-8-5-15(6-9-17)12-23-22(26)18-13-24-25-21(18)16-7-10-19(27-3)20(11-16)28-4/h5-11,13-14H,12H2,1-4H3,(H,23,26)(H,24,25). The summed E-state index contributed by atoms with van der Waals surface area (Å²) >= 11 is 0. The van der Waals surface area contributed by atoms with E-state index in [9.17, 15) is 4.79 Å². The quantitative estimate of drug-likeness (QED) is 0.606. The summed E-state index contributed by atoms with van der Waals surface area (Å²) < 4.78 is 16.2. The Bertz CT molecular complexity index is 964. The average Bonchev–Trinajstić information content (AvgIpc) is 3.22. The molecule has 0 saturated carbocycles. The molecule has 0 aliphatic carbocycles. The van der Waals surface area contributed by atoms with Gasteiger partial charge in [0.1, 0.15) is 5.75 Å². The zero-order valence-corrected chi connectivity index (χ0v) is 17.0. The van der Waals surface area contributed by atoms with Crippen molar-refractivity contribution in [3.05, 3.63) is 59.8 Å². The molecule has 1 amide bonds. The fourth-order valence-electron chi connectivity index (χ4n) is 2.91. The number of aromatic nitrogens is 2. The van der Waals surface area contributed by atoms with Gasteiger partial charge in [0.2, 0.25) is 0 Å². The minimum absolute atomic E-state index is 0.122. The number of benzene rings is 2. The van der Waals surface area contributed by atoms with Gasteiger partial charge >= 0.3 is 0 Å². The molecule has 0 unspecified atom stereocenters. The van der Waals surface area contributed by atoms with Gasteiger partial charge < -0.3 is 19.5 Å². The highest BCUT2D eigenvalue weighted by molar-refractivity contribution is 5.99. The molecule has 0 aliphatic heterocycles. The van der Waals surface area contributed by atoms with Gasteiger partial charge in [-0.3, -0.25) is 9.89 Å². The molecule has 0 radical (unpaired) electrons. The molecule has 0 saturated heterocycles. The minimum atomic E-state index is -0.217. The van der Waals surface area contributed by atoms with Crippen molar-refractivity contribution in [2.24, 2.45) is 0 Å². The van der Waals surface area contributed by atoms with Crippen molar-refractivity contribution < 1.29 is 19.0 Å². The highest BCUT2D eigenvalue weighted by Crippen LogP contribution is 2.32. The molecular weight excluding hydrogens is 370 g/mol. The van der Waals surface area contributed by atoms with E-state index in [4.69, 9.17) is 14.2 Å². The normalized spacial score (nSPS) is 10.7. The van der Waals surface area contributed by atoms with Crippen LogP contribution < -0.4 is 19.5 Å². The van der Waals surface area contributed by atoms with E-state index in [2.05, 4.69) is 15.5 Å². The topological polar surface area (TPSA) is 85.5 Å². The molecule has 3 aromatic rings. The Labute approximate surface area is 170 Å². The fourth-order valence-corrected chi connectivity index (χ4v) is 2.91. The van der Waals surface area contributed by atoms with Crippen LogP contribution in [0.2, 0.25) is 0 Å². The first kappa shape index (κ1) is 20.3. The maximum atomic E-state index is 12.7. The van der Waals surface area contributed by atoms with E-state index in [1.54, 1.807) is 26.4 Å². The number of rotatable bonds is 8. The fraction of sp³-hybridized carbons (Fsp3) is 0.273. The largest absolute Gasteiger partial charge is 0.493 e. The van der Waals surface area contributed by atoms with E-state index in [0.29, 0.717) is 29.3 Å². The Balaban J connectivity index is 1.71. The zero-order chi connectivity index (χ0) is 20.8. The first-order chi connectivity index (χ1) is 14.0. The summed E-state index contributed by atoms with van der Waals surface area (Å²) in [6.07, 6.45) is 1.64. The van der Waals surface area contributed by atoms with E-state index in [0.717, 1.165) is 16.9 Å². The summed E-state index contributed by atoms with van der Waals surface area (Å²) in [5.74, 6) is 1.79. The van der Waals surface area contributed by atoms with Crippen LogP contribution in [0.3, 0.4) is 0 Å². The summed E-state index contributed by atoms with van der Waals surface area (Å²) in [6.45, 7) is 4.36. The zero-order valence-electron chi connectivity index (χ0n) is 17.0. The third-order valence-electron chi connectivity index (χ3n) is 4.30. The van der Waals surface area contributed by atoms with Crippen LogP contribution in [-0.4, -0.2) is 36.4 Å². The maximum absolute atomic E-state index is 12.7. The van der Waals surface area contributed by atoms with Crippen LogP contribution in [0.25, 0.3) is 11.3 Å². The predicted molar refractivity (Wildman–Crippen MR) is 111 cm³/mol. The molecule has 29 heavy (non-hydrogen) atoms. The van der Waals surface area contributed by atoms with Crippen molar-refractivity contribution in [2.45, 2.75) is 26.5 Å². The summed E-state index contributed by atoms with van der Waals surface area (Å²) in [5, 5.41) is 9.86. The molecular formula is C22H25N3O4. The van der Waals surface area contributed by atoms with Gasteiger partial charge in [-0.05, 0) is 49.7 Å². The van der Waals surface area contributed by atoms with Crippen molar-refractivity contribution in [1.82, 2.24) is 15.5 Å². The lowest BCUT2D eigenvalue weighted by Gasteiger charge is -2.11. The molecule has 152 valence electrons. The lowest BCUT2D eigenvalue weighted by Crippen LogP contribution is -2.23. The van der Waals surface area contributed by atoms with E-state index in [-0.39, 0.29) is 12.0 Å². The summed E-state index contributed by atoms with van der Waals surface area (Å²) in [5.41, 5.74) is 2.83. The predicted octanol–water partition coefficient (Wildman–Crippen LogP) is 3.81. The molecule has 1 aromatic heterocycles. The second-order valence-electron chi connectivity index (χ2n) is 6.72. The van der Waals surface area contributed by atoms with Crippen LogP contribution in [0.5, 0.6) is 17.2 Å². The maximum Gasteiger partial charge on any atom is 0.255 e. The summed E-state index contributed by atoms with van der Waals surface area (Å²) in [4.78, 5) is 12.7. The average molecular weight is 395 g/mol. The summed E-state index contributed by atoms with van der Waals surface area (Å²) in [6, 6.07) is 13.1. The molecule has 0 bridgehead atoms. The van der Waals surface area contributed by atoms with E-state index in [1.165, 1.54) is 6.20 Å². The van der Waals surface area contributed by atoms with Crippen LogP contribution in [0.1, 0.15) is 29.8 Å². The Kier molecular flexibility index (Phi) is 6.39. The molecule has 1 heterocycles. The number of nitrogens with one attached hydrogen (secondary N) is 2. The SMILES string of the molecule is COc1ccc(-c2[nH]ncc2C(=O)NCc2ccc(OC(C)C)cc2)cc1OC. The highest BCUT2D eigenvalue weighted by Gasteiger charge is 2.17. The summed E-state index contributed by atoms with van der Waals surface area (Å²) in [7, 11) is 3.15. The molecule has 0 atom stereocenters. The molecule has 2 N–H and O–H groups in total. The lowest BCUT2D eigenvalue weighted by molar-refractivity contribution is 0.0951. The monoisotopic (exact) mass is 395 g/mol. The van der Waals surface area contributed by atoms with Gasteiger partial charge in [0.15, 0.2) is 11.5 Å².